The zero-order valence-electron chi connectivity index (χ0n) is 11.4. The van der Waals surface area contributed by atoms with Crippen molar-refractivity contribution < 1.29 is 14.3 Å². The molecule has 1 aromatic carbocycles. The topological polar surface area (TPSA) is 54.1 Å². The molecule has 5 heteroatoms. The van der Waals surface area contributed by atoms with Gasteiger partial charge in [-0.2, -0.15) is 0 Å². The standard InChI is InChI=1S/C14H20N2O3/c1-3-16(4-2)14(11-19-14)10-18-13(17)15-12-8-6-5-7-9-12/h5-9H,3-4,10-11H2,1-2H3,(H,15,17). The Hall–Kier alpha value is -1.59. The van der Waals surface area contributed by atoms with E-state index in [9.17, 15) is 4.79 Å². The first-order chi connectivity index (χ1) is 9.20. The van der Waals surface area contributed by atoms with Gasteiger partial charge in [-0.05, 0) is 25.2 Å². The molecule has 0 radical (unpaired) electrons. The molecule has 1 amide bonds. The van der Waals surface area contributed by atoms with Crippen molar-refractivity contribution >= 4 is 11.8 Å². The van der Waals surface area contributed by atoms with E-state index >= 15 is 0 Å². The van der Waals surface area contributed by atoms with Crippen LogP contribution in [0.5, 0.6) is 0 Å². The Kier molecular flexibility index (Phi) is 4.39. The molecule has 19 heavy (non-hydrogen) atoms. The summed E-state index contributed by atoms with van der Waals surface area (Å²) in [5.74, 6) is 0. The summed E-state index contributed by atoms with van der Waals surface area (Å²) in [5, 5.41) is 2.68. The molecule has 0 aliphatic carbocycles. The first-order valence-corrected chi connectivity index (χ1v) is 6.58. The van der Waals surface area contributed by atoms with Gasteiger partial charge >= 0.3 is 6.09 Å². The number of carbonyl (C=O) groups is 1. The van der Waals surface area contributed by atoms with Crippen molar-refractivity contribution in [2.45, 2.75) is 19.6 Å². The predicted molar refractivity (Wildman–Crippen MR) is 73.0 cm³/mol. The van der Waals surface area contributed by atoms with Gasteiger partial charge in [0, 0.05) is 5.69 Å². The van der Waals surface area contributed by atoms with Crippen LogP contribution in [-0.2, 0) is 9.47 Å². The maximum Gasteiger partial charge on any atom is 0.411 e. The Morgan fingerprint density at radius 1 is 1.37 bits per heavy atom. The number of nitrogens with zero attached hydrogens (tertiary/aromatic N) is 1. The molecule has 0 spiro atoms. The average molecular weight is 264 g/mol. The van der Waals surface area contributed by atoms with E-state index in [1.807, 2.05) is 30.3 Å². The van der Waals surface area contributed by atoms with Crippen LogP contribution in [0, 0.1) is 0 Å². The van der Waals surface area contributed by atoms with Crippen molar-refractivity contribution in [3.05, 3.63) is 30.3 Å². The van der Waals surface area contributed by atoms with Gasteiger partial charge in [0.25, 0.3) is 0 Å². The lowest BCUT2D eigenvalue weighted by Gasteiger charge is -2.25. The summed E-state index contributed by atoms with van der Waals surface area (Å²) in [5.41, 5.74) is 0.318. The highest BCUT2D eigenvalue weighted by molar-refractivity contribution is 5.84. The lowest BCUT2D eigenvalue weighted by atomic mass is 10.3. The first-order valence-electron chi connectivity index (χ1n) is 6.58. The number of ether oxygens (including phenoxy) is 2. The van der Waals surface area contributed by atoms with E-state index in [0.29, 0.717) is 6.61 Å². The minimum atomic E-state index is -0.451. The van der Waals surface area contributed by atoms with Crippen molar-refractivity contribution in [3.63, 3.8) is 0 Å². The van der Waals surface area contributed by atoms with Gasteiger partial charge in [-0.1, -0.05) is 32.0 Å². The van der Waals surface area contributed by atoms with E-state index in [0.717, 1.165) is 18.8 Å². The van der Waals surface area contributed by atoms with E-state index < -0.39 is 11.8 Å². The number of carbonyl (C=O) groups excluding carboxylic acids is 1. The maximum atomic E-state index is 11.7. The Bertz CT molecular complexity index is 414. The van der Waals surface area contributed by atoms with Gasteiger partial charge in [0.15, 0.2) is 5.72 Å². The van der Waals surface area contributed by atoms with Crippen LogP contribution < -0.4 is 5.32 Å². The molecule has 1 N–H and O–H groups in total. The summed E-state index contributed by atoms with van der Waals surface area (Å²) < 4.78 is 10.7. The Morgan fingerprint density at radius 3 is 2.53 bits per heavy atom. The van der Waals surface area contributed by atoms with Gasteiger partial charge in [-0.15, -0.1) is 0 Å². The fourth-order valence-corrected chi connectivity index (χ4v) is 2.09. The Labute approximate surface area is 113 Å². The van der Waals surface area contributed by atoms with Crippen LogP contribution in [0.15, 0.2) is 30.3 Å². The molecule has 0 bridgehead atoms. The zero-order chi connectivity index (χ0) is 13.7. The van der Waals surface area contributed by atoms with Gasteiger partial charge in [0.1, 0.15) is 6.61 Å². The molecule has 1 aromatic rings. The summed E-state index contributed by atoms with van der Waals surface area (Å²) >= 11 is 0. The molecule has 104 valence electrons. The summed E-state index contributed by atoms with van der Waals surface area (Å²) in [4.78, 5) is 13.8. The minimum Gasteiger partial charge on any atom is -0.445 e. The number of likely N-dealkylation sites (N-methyl/N-ethyl adjacent to an activating group) is 1. The molecule has 1 unspecified atom stereocenters. The Morgan fingerprint density at radius 2 is 2.00 bits per heavy atom. The van der Waals surface area contributed by atoms with E-state index in [1.165, 1.54) is 0 Å². The SMILES string of the molecule is CCN(CC)C1(COC(=O)Nc2ccccc2)CO1. The molecular weight excluding hydrogens is 244 g/mol. The highest BCUT2D eigenvalue weighted by Crippen LogP contribution is 2.31. The minimum absolute atomic E-state index is 0.257. The predicted octanol–water partition coefficient (Wildman–Crippen LogP) is 2.30. The third-order valence-corrected chi connectivity index (χ3v) is 3.27. The fraction of sp³-hybridized carbons (Fsp3) is 0.500. The number of nitrogens with one attached hydrogen (secondary N) is 1. The Balaban J connectivity index is 1.81. The third kappa shape index (κ3) is 3.45. The second kappa shape index (κ2) is 6.04. The molecule has 1 fully saturated rings. The summed E-state index contributed by atoms with van der Waals surface area (Å²) in [6, 6.07) is 9.24. The number of anilines is 1. The van der Waals surface area contributed by atoms with Gasteiger partial charge in [0.2, 0.25) is 0 Å². The average Bonchev–Trinajstić information content (AvgIpc) is 3.20. The second-order valence-electron chi connectivity index (χ2n) is 4.47. The quantitative estimate of drug-likeness (QED) is 0.801. The van der Waals surface area contributed by atoms with Crippen LogP contribution >= 0.6 is 0 Å². The number of benzene rings is 1. The van der Waals surface area contributed by atoms with E-state index in [-0.39, 0.29) is 6.61 Å². The largest absolute Gasteiger partial charge is 0.445 e. The van der Waals surface area contributed by atoms with Gasteiger partial charge in [-0.25, -0.2) is 4.79 Å². The number of para-hydroxylation sites is 1. The summed E-state index contributed by atoms with van der Waals surface area (Å²) in [7, 11) is 0. The number of hydrogen-bond donors (Lipinski definition) is 1. The van der Waals surface area contributed by atoms with Crippen molar-refractivity contribution in [3.8, 4) is 0 Å². The molecule has 1 heterocycles. The molecule has 1 atom stereocenters. The number of amides is 1. The summed E-state index contributed by atoms with van der Waals surface area (Å²) in [6.07, 6.45) is -0.451. The normalized spacial score (nSPS) is 21.2. The van der Waals surface area contributed by atoms with Crippen LogP contribution in [0.3, 0.4) is 0 Å². The lowest BCUT2D eigenvalue weighted by molar-refractivity contribution is 0.0252. The van der Waals surface area contributed by atoms with Crippen molar-refractivity contribution in [2.24, 2.45) is 0 Å². The summed E-state index contributed by atoms with van der Waals surface area (Å²) in [6.45, 7) is 6.76. The fourth-order valence-electron chi connectivity index (χ4n) is 2.09. The van der Waals surface area contributed by atoms with E-state index in [1.54, 1.807) is 0 Å². The second-order valence-corrected chi connectivity index (χ2v) is 4.47. The lowest BCUT2D eigenvalue weighted by Crippen LogP contribution is -2.42. The van der Waals surface area contributed by atoms with Gasteiger partial charge in [0.05, 0.1) is 6.61 Å². The molecular formula is C14H20N2O3. The highest BCUT2D eigenvalue weighted by Gasteiger charge is 2.50. The molecule has 1 aliphatic rings. The van der Waals surface area contributed by atoms with E-state index in [4.69, 9.17) is 9.47 Å². The molecule has 2 rings (SSSR count). The third-order valence-electron chi connectivity index (χ3n) is 3.27. The van der Waals surface area contributed by atoms with Crippen LogP contribution in [-0.4, -0.2) is 43.0 Å². The van der Waals surface area contributed by atoms with Crippen LogP contribution in [0.1, 0.15) is 13.8 Å². The van der Waals surface area contributed by atoms with Crippen LogP contribution in [0.4, 0.5) is 10.5 Å². The maximum absolute atomic E-state index is 11.7. The van der Waals surface area contributed by atoms with E-state index in [2.05, 4.69) is 24.1 Å². The van der Waals surface area contributed by atoms with Crippen molar-refractivity contribution in [1.82, 2.24) is 4.90 Å². The van der Waals surface area contributed by atoms with Crippen LogP contribution in [0.2, 0.25) is 0 Å². The van der Waals surface area contributed by atoms with Crippen molar-refractivity contribution in [2.75, 3.05) is 31.6 Å². The monoisotopic (exact) mass is 264 g/mol. The molecule has 1 aliphatic heterocycles. The smallest absolute Gasteiger partial charge is 0.411 e. The molecule has 1 saturated heterocycles. The van der Waals surface area contributed by atoms with Crippen LogP contribution in [0.25, 0.3) is 0 Å². The van der Waals surface area contributed by atoms with Gasteiger partial charge in [-0.3, -0.25) is 10.2 Å². The first kappa shape index (κ1) is 13.8. The number of epoxide rings is 1. The zero-order valence-corrected chi connectivity index (χ0v) is 11.4. The molecule has 0 saturated carbocycles. The molecule has 0 aromatic heterocycles. The number of rotatable bonds is 6. The number of hydrogen-bond acceptors (Lipinski definition) is 4. The highest BCUT2D eigenvalue weighted by atomic mass is 16.7. The molecule has 5 nitrogen and oxygen atoms in total. The van der Waals surface area contributed by atoms with Gasteiger partial charge < -0.3 is 9.47 Å². The van der Waals surface area contributed by atoms with Crippen molar-refractivity contribution in [1.29, 1.82) is 0 Å².